The van der Waals surface area contributed by atoms with Crippen LogP contribution in [0.25, 0.3) is 0 Å². The molecule has 21 heavy (non-hydrogen) atoms. The zero-order chi connectivity index (χ0) is 15.5. The molecule has 2 fully saturated rings. The molecule has 1 aliphatic heterocycles. The minimum absolute atomic E-state index is 0.526. The highest BCUT2D eigenvalue weighted by molar-refractivity contribution is 4.92. The fraction of sp³-hybridized carbons (Fsp3) is 1.00. The Morgan fingerprint density at radius 3 is 2.14 bits per heavy atom. The van der Waals surface area contributed by atoms with E-state index in [0.29, 0.717) is 23.5 Å². The number of hydrogen-bond acceptors (Lipinski definition) is 3. The Kier molecular flexibility index (Phi) is 6.10. The highest BCUT2D eigenvalue weighted by Crippen LogP contribution is 2.37. The molecule has 2 atom stereocenters. The van der Waals surface area contributed by atoms with Crippen molar-refractivity contribution in [1.82, 2.24) is 15.1 Å². The summed E-state index contributed by atoms with van der Waals surface area (Å²) in [5.74, 6) is 0. The summed E-state index contributed by atoms with van der Waals surface area (Å²) in [6.45, 7) is 14.3. The molecule has 3 heteroatoms. The molecule has 2 aliphatic rings. The summed E-state index contributed by atoms with van der Waals surface area (Å²) >= 11 is 0. The topological polar surface area (TPSA) is 18.5 Å². The van der Waals surface area contributed by atoms with E-state index in [1.165, 1.54) is 58.3 Å². The number of hydrogen-bond donors (Lipinski definition) is 1. The van der Waals surface area contributed by atoms with Crippen LogP contribution in [0.5, 0.6) is 0 Å². The van der Waals surface area contributed by atoms with E-state index in [0.717, 1.165) is 0 Å². The molecular formula is C18H37N3. The summed E-state index contributed by atoms with van der Waals surface area (Å²) in [5, 5.41) is 3.74. The molecule has 1 saturated heterocycles. The number of likely N-dealkylation sites (N-methyl/N-ethyl adjacent to an activating group) is 1. The molecule has 0 bridgehead atoms. The lowest BCUT2D eigenvalue weighted by molar-refractivity contribution is 0.0191. The van der Waals surface area contributed by atoms with E-state index in [4.69, 9.17) is 0 Å². The molecule has 0 aromatic heterocycles. The largest absolute Gasteiger partial charge is 0.314 e. The maximum atomic E-state index is 3.74. The Balaban J connectivity index is 1.97. The van der Waals surface area contributed by atoms with Crippen LogP contribution in [0.15, 0.2) is 0 Å². The van der Waals surface area contributed by atoms with Crippen molar-refractivity contribution in [2.24, 2.45) is 5.41 Å². The van der Waals surface area contributed by atoms with E-state index in [1.807, 2.05) is 0 Å². The highest BCUT2D eigenvalue weighted by Gasteiger charge is 2.36. The molecule has 2 unspecified atom stereocenters. The van der Waals surface area contributed by atoms with Gasteiger partial charge in [0.2, 0.25) is 0 Å². The summed E-state index contributed by atoms with van der Waals surface area (Å²) in [5.41, 5.74) is 0.526. The van der Waals surface area contributed by atoms with Crippen LogP contribution in [0.1, 0.15) is 59.8 Å². The quantitative estimate of drug-likeness (QED) is 0.841. The van der Waals surface area contributed by atoms with Gasteiger partial charge in [-0.3, -0.25) is 9.80 Å². The Morgan fingerprint density at radius 2 is 1.62 bits per heavy atom. The smallest absolute Gasteiger partial charge is 0.0195 e. The average molecular weight is 296 g/mol. The minimum Gasteiger partial charge on any atom is -0.314 e. The summed E-state index contributed by atoms with van der Waals surface area (Å²) in [7, 11) is 2.28. The Bertz CT molecular complexity index is 298. The third-order valence-corrected chi connectivity index (χ3v) is 5.79. The maximum Gasteiger partial charge on any atom is 0.0195 e. The maximum absolute atomic E-state index is 3.74. The van der Waals surface area contributed by atoms with Crippen LogP contribution >= 0.6 is 0 Å². The van der Waals surface area contributed by atoms with Crippen LogP contribution in [0.3, 0.4) is 0 Å². The lowest BCUT2D eigenvalue weighted by Crippen LogP contribution is -2.58. The second-order valence-corrected chi connectivity index (χ2v) is 8.15. The van der Waals surface area contributed by atoms with Crippen molar-refractivity contribution in [3.05, 3.63) is 0 Å². The zero-order valence-corrected chi connectivity index (χ0v) is 15.0. The lowest BCUT2D eigenvalue weighted by Gasteiger charge is -2.48. The van der Waals surface area contributed by atoms with Crippen molar-refractivity contribution in [2.45, 2.75) is 77.9 Å². The van der Waals surface area contributed by atoms with Crippen LogP contribution in [-0.2, 0) is 0 Å². The molecular weight excluding hydrogens is 258 g/mol. The molecule has 0 amide bonds. The fourth-order valence-electron chi connectivity index (χ4n) is 4.23. The second kappa shape index (κ2) is 7.43. The van der Waals surface area contributed by atoms with Gasteiger partial charge in [0, 0.05) is 44.3 Å². The van der Waals surface area contributed by atoms with E-state index in [-0.39, 0.29) is 0 Å². The predicted octanol–water partition coefficient (Wildman–Crippen LogP) is 2.96. The molecule has 3 nitrogen and oxygen atoms in total. The van der Waals surface area contributed by atoms with Gasteiger partial charge in [-0.1, -0.05) is 33.1 Å². The normalized spacial score (nSPS) is 31.7. The van der Waals surface area contributed by atoms with Crippen molar-refractivity contribution in [1.29, 1.82) is 0 Å². The second-order valence-electron chi connectivity index (χ2n) is 8.15. The van der Waals surface area contributed by atoms with E-state index >= 15 is 0 Å². The van der Waals surface area contributed by atoms with Gasteiger partial charge < -0.3 is 5.32 Å². The van der Waals surface area contributed by atoms with Crippen LogP contribution in [0, 0.1) is 5.41 Å². The standard InChI is InChI=1S/C18H37N3/c1-15(2)19-13-18(9-7-6-8-10-18)14-21-11-16(3)20(5)17(4)12-21/h15-17,19H,6-14H2,1-5H3. The van der Waals surface area contributed by atoms with Gasteiger partial charge in [0.15, 0.2) is 0 Å². The van der Waals surface area contributed by atoms with E-state index < -0.39 is 0 Å². The SMILES string of the molecule is CC(C)NCC1(CN2CC(C)N(C)C(C)C2)CCCCC1. The van der Waals surface area contributed by atoms with Crippen molar-refractivity contribution in [3.8, 4) is 0 Å². The van der Waals surface area contributed by atoms with Gasteiger partial charge in [-0.25, -0.2) is 0 Å². The van der Waals surface area contributed by atoms with Gasteiger partial charge >= 0.3 is 0 Å². The van der Waals surface area contributed by atoms with Crippen molar-refractivity contribution < 1.29 is 0 Å². The minimum atomic E-state index is 0.526. The van der Waals surface area contributed by atoms with E-state index in [9.17, 15) is 0 Å². The summed E-state index contributed by atoms with van der Waals surface area (Å²) in [6.07, 6.45) is 7.14. The first-order chi connectivity index (χ1) is 9.92. The third-order valence-electron chi connectivity index (χ3n) is 5.79. The van der Waals surface area contributed by atoms with Gasteiger partial charge in [0.25, 0.3) is 0 Å². The zero-order valence-electron chi connectivity index (χ0n) is 15.0. The summed E-state index contributed by atoms with van der Waals surface area (Å²) in [4.78, 5) is 5.29. The predicted molar refractivity (Wildman–Crippen MR) is 91.8 cm³/mol. The first kappa shape index (κ1) is 17.2. The molecule has 0 radical (unpaired) electrons. The number of piperazine rings is 1. The molecule has 1 N–H and O–H groups in total. The Labute approximate surface area is 132 Å². The number of nitrogens with one attached hydrogen (secondary N) is 1. The molecule has 0 spiro atoms. The number of nitrogens with zero attached hydrogens (tertiary/aromatic N) is 2. The Hall–Kier alpha value is -0.120. The van der Waals surface area contributed by atoms with Crippen molar-refractivity contribution >= 4 is 0 Å². The fourth-order valence-corrected chi connectivity index (χ4v) is 4.23. The van der Waals surface area contributed by atoms with Crippen LogP contribution in [0.2, 0.25) is 0 Å². The Morgan fingerprint density at radius 1 is 1.05 bits per heavy atom. The molecule has 0 aromatic carbocycles. The van der Waals surface area contributed by atoms with Gasteiger partial charge in [-0.2, -0.15) is 0 Å². The van der Waals surface area contributed by atoms with Gasteiger partial charge in [0.05, 0.1) is 0 Å². The van der Waals surface area contributed by atoms with E-state index in [2.05, 4.69) is 49.9 Å². The van der Waals surface area contributed by atoms with Crippen LogP contribution < -0.4 is 5.32 Å². The lowest BCUT2D eigenvalue weighted by atomic mass is 9.73. The van der Waals surface area contributed by atoms with Gasteiger partial charge in [-0.05, 0) is 39.2 Å². The molecule has 1 aliphatic carbocycles. The summed E-state index contributed by atoms with van der Waals surface area (Å²) in [6, 6.07) is 1.98. The van der Waals surface area contributed by atoms with Crippen molar-refractivity contribution in [3.63, 3.8) is 0 Å². The molecule has 0 aromatic rings. The van der Waals surface area contributed by atoms with Gasteiger partial charge in [-0.15, -0.1) is 0 Å². The number of rotatable bonds is 5. The first-order valence-corrected chi connectivity index (χ1v) is 9.09. The summed E-state index contributed by atoms with van der Waals surface area (Å²) < 4.78 is 0. The molecule has 1 heterocycles. The van der Waals surface area contributed by atoms with Gasteiger partial charge in [0.1, 0.15) is 0 Å². The third kappa shape index (κ3) is 4.67. The van der Waals surface area contributed by atoms with E-state index in [1.54, 1.807) is 0 Å². The van der Waals surface area contributed by atoms with Crippen molar-refractivity contribution in [2.75, 3.05) is 33.2 Å². The van der Waals surface area contributed by atoms with Crippen LogP contribution in [0.4, 0.5) is 0 Å². The van der Waals surface area contributed by atoms with Crippen LogP contribution in [-0.4, -0.2) is 61.2 Å². The molecule has 124 valence electrons. The molecule has 2 rings (SSSR count). The molecule has 1 saturated carbocycles. The first-order valence-electron chi connectivity index (χ1n) is 9.09. The average Bonchev–Trinajstić information content (AvgIpc) is 2.44. The monoisotopic (exact) mass is 295 g/mol. The highest BCUT2D eigenvalue weighted by atomic mass is 15.3.